The van der Waals surface area contributed by atoms with Gasteiger partial charge in [-0.25, -0.2) is 4.79 Å². The molecular weight excluding hydrogens is 296 g/mol. The second kappa shape index (κ2) is 7.39. The lowest BCUT2D eigenvalue weighted by molar-refractivity contribution is 0.0528. The second-order valence-electron chi connectivity index (χ2n) is 5.15. The minimum absolute atomic E-state index is 0.426. The number of carbonyl (C=O) groups excluding carboxylic acids is 1. The van der Waals surface area contributed by atoms with Crippen molar-refractivity contribution in [1.82, 2.24) is 5.32 Å². The van der Waals surface area contributed by atoms with E-state index in [1.54, 1.807) is 18.2 Å². The average Bonchev–Trinajstić information content (AvgIpc) is 2.30. The number of nitrogens with one attached hydrogen (secondary N) is 1. The summed E-state index contributed by atoms with van der Waals surface area (Å²) in [6, 6.07) is 5.30. The van der Waals surface area contributed by atoms with Crippen molar-refractivity contribution in [3.8, 4) is 0 Å². The molecule has 0 aliphatic heterocycles. The third-order valence-electron chi connectivity index (χ3n) is 2.27. The molecule has 0 saturated heterocycles. The minimum Gasteiger partial charge on any atom is -0.444 e. The quantitative estimate of drug-likeness (QED) is 0.671. The predicted octanol–water partition coefficient (Wildman–Crippen LogP) is 4.14. The van der Waals surface area contributed by atoms with Gasteiger partial charge >= 0.3 is 6.09 Å². The summed E-state index contributed by atoms with van der Waals surface area (Å²) < 4.78 is 5.15. The van der Waals surface area contributed by atoms with Gasteiger partial charge in [0.15, 0.2) is 0 Å². The molecule has 0 unspecified atom stereocenters. The van der Waals surface area contributed by atoms with Crippen LogP contribution in [-0.2, 0) is 11.2 Å². The maximum atomic E-state index is 11.5. The van der Waals surface area contributed by atoms with E-state index in [0.717, 1.165) is 5.56 Å². The first kappa shape index (κ1) is 16.6. The number of alkyl carbamates (subject to hydrolysis) is 1. The number of aliphatic imine (C=N–C) groups is 1. The van der Waals surface area contributed by atoms with Crippen LogP contribution in [-0.4, -0.2) is 23.4 Å². The highest BCUT2D eigenvalue weighted by Gasteiger charge is 2.15. The van der Waals surface area contributed by atoms with Crippen LogP contribution in [0.15, 0.2) is 23.2 Å². The van der Waals surface area contributed by atoms with E-state index in [1.807, 2.05) is 20.8 Å². The lowest BCUT2D eigenvalue weighted by atomic mass is 10.1. The lowest BCUT2D eigenvalue weighted by Crippen LogP contribution is -2.33. The largest absolute Gasteiger partial charge is 0.444 e. The minimum atomic E-state index is -0.507. The highest BCUT2D eigenvalue weighted by Crippen LogP contribution is 2.23. The zero-order valence-corrected chi connectivity index (χ0v) is 13.3. The molecule has 0 fully saturated rings. The zero-order valence-electron chi connectivity index (χ0n) is 11.7. The molecule has 0 saturated carbocycles. The Hall–Kier alpha value is -1.42. The van der Waals surface area contributed by atoms with Crippen LogP contribution in [0.1, 0.15) is 26.3 Å². The average molecular weight is 313 g/mol. The van der Waals surface area contributed by atoms with Gasteiger partial charge in [-0.2, -0.15) is 4.99 Å². The molecule has 0 bridgehead atoms. The van der Waals surface area contributed by atoms with Crippen LogP contribution in [0.4, 0.5) is 10.5 Å². The number of benzene rings is 1. The molecule has 6 heteroatoms. The first-order valence-corrected chi connectivity index (χ1v) is 6.93. The van der Waals surface area contributed by atoms with Crippen LogP contribution in [0.5, 0.6) is 0 Å². The molecule has 1 rings (SSSR count). The third kappa shape index (κ3) is 6.15. The van der Waals surface area contributed by atoms with Gasteiger partial charge in [0.05, 0.1) is 10.8 Å². The Kier molecular flexibility index (Phi) is 6.14. The number of hydrogen-bond acceptors (Lipinski definition) is 4. The molecule has 0 spiro atoms. The fourth-order valence-corrected chi connectivity index (χ4v) is 1.82. The molecule has 0 aliphatic rings. The van der Waals surface area contributed by atoms with Crippen LogP contribution < -0.4 is 5.32 Å². The molecule has 1 aromatic rings. The molecular formula is C14H17ClN2O2S. The van der Waals surface area contributed by atoms with E-state index in [0.29, 0.717) is 23.7 Å². The number of ether oxygens (including phenoxy) is 1. The molecule has 0 radical (unpaired) electrons. The van der Waals surface area contributed by atoms with Crippen LogP contribution >= 0.6 is 23.8 Å². The second-order valence-corrected chi connectivity index (χ2v) is 5.77. The molecule has 0 aromatic heterocycles. The Morgan fingerprint density at radius 3 is 2.80 bits per heavy atom. The van der Waals surface area contributed by atoms with Crippen molar-refractivity contribution in [2.24, 2.45) is 4.99 Å². The number of thiocarbonyl (C=S) groups is 1. The van der Waals surface area contributed by atoms with Crippen LogP contribution in [0.3, 0.4) is 0 Å². The van der Waals surface area contributed by atoms with Gasteiger partial charge in [0.1, 0.15) is 5.60 Å². The van der Waals surface area contributed by atoms with E-state index in [2.05, 4.69) is 27.7 Å². The van der Waals surface area contributed by atoms with Gasteiger partial charge in [0.25, 0.3) is 0 Å². The number of nitrogens with zero attached hydrogens (tertiary/aromatic N) is 1. The Morgan fingerprint density at radius 2 is 2.20 bits per heavy atom. The van der Waals surface area contributed by atoms with Crippen molar-refractivity contribution in [1.29, 1.82) is 0 Å². The number of carbonyl (C=O) groups is 1. The molecule has 1 N–H and O–H groups in total. The SMILES string of the molecule is CC(C)(C)OC(=O)NCCc1cc(Cl)ccc1N=C=S. The van der Waals surface area contributed by atoms with E-state index in [9.17, 15) is 4.79 Å². The van der Waals surface area contributed by atoms with Crippen molar-refractivity contribution in [3.63, 3.8) is 0 Å². The van der Waals surface area contributed by atoms with E-state index in [4.69, 9.17) is 16.3 Å². The zero-order chi connectivity index (χ0) is 15.2. The number of halogens is 1. The summed E-state index contributed by atoms with van der Waals surface area (Å²) in [6.45, 7) is 5.87. The van der Waals surface area contributed by atoms with Gasteiger partial charge in [0, 0.05) is 11.6 Å². The van der Waals surface area contributed by atoms with Crippen molar-refractivity contribution < 1.29 is 9.53 Å². The Morgan fingerprint density at radius 1 is 1.50 bits per heavy atom. The summed E-state index contributed by atoms with van der Waals surface area (Å²) in [5.74, 6) is 0. The standard InChI is InChI=1S/C14H17ClN2O2S/c1-14(2,3)19-13(18)16-7-6-10-8-11(15)4-5-12(10)17-9-20/h4-5,8H,6-7H2,1-3H3,(H,16,18). The normalized spacial score (nSPS) is 10.6. The summed E-state index contributed by atoms with van der Waals surface area (Å²) in [5, 5.41) is 5.62. The van der Waals surface area contributed by atoms with E-state index in [1.165, 1.54) is 0 Å². The Labute approximate surface area is 129 Å². The maximum absolute atomic E-state index is 11.5. The molecule has 0 aliphatic carbocycles. The number of isothiocyanates is 1. The molecule has 4 nitrogen and oxygen atoms in total. The summed E-state index contributed by atoms with van der Waals surface area (Å²) in [5.41, 5.74) is 1.09. The smallest absolute Gasteiger partial charge is 0.407 e. The topological polar surface area (TPSA) is 50.7 Å². The van der Waals surface area contributed by atoms with Crippen molar-refractivity contribution in [3.05, 3.63) is 28.8 Å². The summed E-state index contributed by atoms with van der Waals surface area (Å²) in [6.07, 6.45) is 0.134. The fraction of sp³-hybridized carbons (Fsp3) is 0.429. The van der Waals surface area contributed by atoms with Crippen molar-refractivity contribution >= 4 is 40.8 Å². The Balaban J connectivity index is 2.60. The Bertz CT molecular complexity index is 534. The van der Waals surface area contributed by atoms with Crippen molar-refractivity contribution in [2.45, 2.75) is 32.8 Å². The van der Waals surface area contributed by atoms with Crippen molar-refractivity contribution in [2.75, 3.05) is 6.54 Å². The summed E-state index contributed by atoms with van der Waals surface area (Å²) in [7, 11) is 0. The van der Waals surface area contributed by atoms with Gasteiger partial charge in [-0.1, -0.05) is 11.6 Å². The molecule has 0 heterocycles. The van der Waals surface area contributed by atoms with Gasteiger partial charge in [0.2, 0.25) is 0 Å². The molecule has 1 aromatic carbocycles. The van der Waals surface area contributed by atoms with E-state index < -0.39 is 11.7 Å². The fourth-order valence-electron chi connectivity index (χ4n) is 1.53. The third-order valence-corrected chi connectivity index (χ3v) is 2.60. The highest BCUT2D eigenvalue weighted by molar-refractivity contribution is 7.78. The molecule has 0 atom stereocenters. The monoisotopic (exact) mass is 312 g/mol. The van der Waals surface area contributed by atoms with Crippen LogP contribution in [0, 0.1) is 0 Å². The number of amides is 1. The first-order valence-electron chi connectivity index (χ1n) is 6.15. The summed E-state index contributed by atoms with van der Waals surface area (Å²) in [4.78, 5) is 15.5. The predicted molar refractivity (Wildman–Crippen MR) is 84.1 cm³/mol. The molecule has 1 amide bonds. The highest BCUT2D eigenvalue weighted by atomic mass is 35.5. The molecule has 108 valence electrons. The van der Waals surface area contributed by atoms with E-state index >= 15 is 0 Å². The molecule has 20 heavy (non-hydrogen) atoms. The summed E-state index contributed by atoms with van der Waals surface area (Å²) >= 11 is 10.5. The van der Waals surface area contributed by atoms with Gasteiger partial charge in [-0.15, -0.1) is 0 Å². The van der Waals surface area contributed by atoms with E-state index in [-0.39, 0.29) is 0 Å². The van der Waals surface area contributed by atoms with Crippen LogP contribution in [0.2, 0.25) is 5.02 Å². The van der Waals surface area contributed by atoms with Crippen LogP contribution in [0.25, 0.3) is 0 Å². The van der Waals surface area contributed by atoms with Gasteiger partial charge in [-0.05, 0) is 63.2 Å². The van der Waals surface area contributed by atoms with Gasteiger partial charge < -0.3 is 10.1 Å². The van der Waals surface area contributed by atoms with Gasteiger partial charge in [-0.3, -0.25) is 0 Å². The lowest BCUT2D eigenvalue weighted by Gasteiger charge is -2.19. The number of hydrogen-bond donors (Lipinski definition) is 1. The maximum Gasteiger partial charge on any atom is 0.407 e. The number of rotatable bonds is 4. The first-order chi connectivity index (χ1) is 9.31.